The van der Waals surface area contributed by atoms with Gasteiger partial charge in [-0.25, -0.2) is 0 Å². The highest BCUT2D eigenvalue weighted by Gasteiger charge is 2.24. The smallest absolute Gasteiger partial charge is 0.143 e. The van der Waals surface area contributed by atoms with Crippen LogP contribution >= 0.6 is 0 Å². The minimum Gasteiger partial charge on any atom is -0.456 e. The van der Waals surface area contributed by atoms with E-state index in [0.717, 1.165) is 89.6 Å². The lowest BCUT2D eigenvalue weighted by Gasteiger charge is -2.32. The molecule has 3 nitrogen and oxygen atoms in total. The van der Waals surface area contributed by atoms with E-state index in [4.69, 9.17) is 8.83 Å². The third-order valence-electron chi connectivity index (χ3n) is 10.8. The third-order valence-corrected chi connectivity index (χ3v) is 10.8. The van der Waals surface area contributed by atoms with E-state index >= 15 is 0 Å². The first-order valence-corrected chi connectivity index (χ1v) is 18.8. The van der Waals surface area contributed by atoms with Crippen LogP contribution in [-0.4, -0.2) is 0 Å². The fraction of sp³-hybridized carbons (Fsp3) is 0.0385. The van der Waals surface area contributed by atoms with Crippen LogP contribution in [0.1, 0.15) is 34.8 Å². The highest BCUT2D eigenvalue weighted by Crippen LogP contribution is 2.43. The Morgan fingerprint density at radius 2 is 1.33 bits per heavy atom. The molecular weight excluding hydrogens is 671 g/mol. The Labute approximate surface area is 320 Å². The molecule has 0 radical (unpaired) electrons. The van der Waals surface area contributed by atoms with Crippen molar-refractivity contribution in [1.82, 2.24) is 0 Å². The topological polar surface area (TPSA) is 29.5 Å². The van der Waals surface area contributed by atoms with Crippen molar-refractivity contribution < 1.29 is 8.83 Å². The molecule has 1 aliphatic rings. The maximum absolute atomic E-state index is 6.47. The molecule has 3 heteroatoms. The van der Waals surface area contributed by atoms with E-state index in [1.807, 2.05) is 12.1 Å². The number of furan rings is 2. The van der Waals surface area contributed by atoms with Gasteiger partial charge in [0.1, 0.15) is 22.5 Å². The molecule has 0 fully saturated rings. The molecule has 1 aliphatic carbocycles. The van der Waals surface area contributed by atoms with Gasteiger partial charge in [-0.2, -0.15) is 0 Å². The maximum atomic E-state index is 6.47. The Hall–Kier alpha value is -7.10. The zero-order chi connectivity index (χ0) is 36.7. The normalized spacial score (nSPS) is 14.3. The third kappa shape index (κ3) is 5.69. The summed E-state index contributed by atoms with van der Waals surface area (Å²) in [6, 6.07) is 55.5. The number of nitrogens with zero attached hydrogens (tertiary/aromatic N) is 1. The molecule has 262 valence electrons. The number of benzene rings is 7. The molecule has 0 aliphatic heterocycles. The van der Waals surface area contributed by atoms with Gasteiger partial charge in [0.15, 0.2) is 0 Å². The molecule has 55 heavy (non-hydrogen) atoms. The van der Waals surface area contributed by atoms with Crippen LogP contribution in [0.2, 0.25) is 0 Å². The second kappa shape index (κ2) is 13.7. The van der Waals surface area contributed by atoms with Crippen molar-refractivity contribution in [3.05, 3.63) is 211 Å². The van der Waals surface area contributed by atoms with Gasteiger partial charge >= 0.3 is 0 Å². The summed E-state index contributed by atoms with van der Waals surface area (Å²) in [4.78, 5) is 2.41. The molecule has 1 atom stereocenters. The Morgan fingerprint density at radius 1 is 0.582 bits per heavy atom. The van der Waals surface area contributed by atoms with Crippen molar-refractivity contribution in [3.63, 3.8) is 0 Å². The minimum atomic E-state index is 0.178. The summed E-state index contributed by atoms with van der Waals surface area (Å²) in [5.41, 5.74) is 11.7. The summed E-state index contributed by atoms with van der Waals surface area (Å²) in [5, 5.41) is 5.63. The Balaban J connectivity index is 1.09. The van der Waals surface area contributed by atoms with Crippen LogP contribution in [0.4, 0.5) is 11.4 Å². The minimum absolute atomic E-state index is 0.178. The molecule has 0 saturated heterocycles. The Bertz CT molecular complexity index is 2990. The molecule has 0 saturated carbocycles. The second-order valence-corrected chi connectivity index (χ2v) is 14.0. The van der Waals surface area contributed by atoms with Crippen LogP contribution < -0.4 is 4.90 Å². The van der Waals surface area contributed by atoms with Crippen LogP contribution in [0.15, 0.2) is 197 Å². The second-order valence-electron chi connectivity index (χ2n) is 14.0. The van der Waals surface area contributed by atoms with Crippen molar-refractivity contribution in [1.29, 1.82) is 0 Å². The molecule has 2 aromatic heterocycles. The van der Waals surface area contributed by atoms with Gasteiger partial charge in [-0.3, -0.25) is 0 Å². The van der Waals surface area contributed by atoms with Crippen molar-refractivity contribution in [2.24, 2.45) is 0 Å². The van der Waals surface area contributed by atoms with Crippen LogP contribution in [0.25, 0.3) is 73.0 Å². The van der Waals surface area contributed by atoms with Gasteiger partial charge in [0.25, 0.3) is 0 Å². The molecule has 0 N–H and O–H groups in total. The zero-order valence-electron chi connectivity index (χ0n) is 30.2. The monoisotopic (exact) mass is 707 g/mol. The van der Waals surface area contributed by atoms with Gasteiger partial charge in [-0.1, -0.05) is 158 Å². The number of allylic oxidation sites excluding steroid dienone is 3. The summed E-state index contributed by atoms with van der Waals surface area (Å²) in [5.74, 6) is 0.937. The van der Waals surface area contributed by atoms with Crippen molar-refractivity contribution in [2.45, 2.75) is 12.3 Å². The number of hydrogen-bond acceptors (Lipinski definition) is 3. The van der Waals surface area contributed by atoms with E-state index in [1.54, 1.807) is 0 Å². The number of fused-ring (bicyclic) bond motifs is 6. The summed E-state index contributed by atoms with van der Waals surface area (Å²) >= 11 is 0. The van der Waals surface area contributed by atoms with Gasteiger partial charge in [-0.05, 0) is 65.4 Å². The van der Waals surface area contributed by atoms with Gasteiger partial charge in [0.05, 0.1) is 11.4 Å². The SMILES string of the molecule is C=Cc1oc2c(ccc3ccccc32)c1/C=C/c1ccccc1N(C1=CCC(c2cccc3c2oc2ccccc23)C=C1)c1ccccc1-c1ccccc1. The predicted octanol–water partition coefficient (Wildman–Crippen LogP) is 14.7. The predicted molar refractivity (Wildman–Crippen MR) is 231 cm³/mol. The molecule has 2 heterocycles. The lowest BCUT2D eigenvalue weighted by molar-refractivity contribution is 0.607. The Morgan fingerprint density at radius 3 is 2.18 bits per heavy atom. The van der Waals surface area contributed by atoms with Crippen LogP contribution in [0, 0.1) is 0 Å². The average Bonchev–Trinajstić information content (AvgIpc) is 3.83. The summed E-state index contributed by atoms with van der Waals surface area (Å²) in [7, 11) is 0. The van der Waals surface area contributed by atoms with Gasteiger partial charge in [0.2, 0.25) is 0 Å². The van der Waals surface area contributed by atoms with Crippen LogP contribution in [0.3, 0.4) is 0 Å². The number of anilines is 2. The maximum Gasteiger partial charge on any atom is 0.143 e. The first-order chi connectivity index (χ1) is 27.2. The fourth-order valence-electron chi connectivity index (χ4n) is 8.20. The van der Waals surface area contributed by atoms with Gasteiger partial charge in [-0.15, -0.1) is 0 Å². The lowest BCUT2D eigenvalue weighted by Crippen LogP contribution is -2.19. The van der Waals surface area contributed by atoms with E-state index < -0.39 is 0 Å². The molecule has 7 aromatic carbocycles. The molecule has 0 amide bonds. The molecule has 0 spiro atoms. The van der Waals surface area contributed by atoms with E-state index in [9.17, 15) is 0 Å². The molecular formula is C52H37NO2. The molecule has 10 rings (SSSR count). The molecule has 1 unspecified atom stereocenters. The summed E-state index contributed by atoms with van der Waals surface area (Å²) in [6.07, 6.45) is 14.0. The van der Waals surface area contributed by atoms with Gasteiger partial charge < -0.3 is 13.7 Å². The highest BCUT2D eigenvalue weighted by atomic mass is 16.3. The van der Waals surface area contributed by atoms with E-state index in [0.29, 0.717) is 0 Å². The van der Waals surface area contributed by atoms with E-state index in [2.05, 4.69) is 194 Å². The quantitative estimate of drug-likeness (QED) is 0.157. The highest BCUT2D eigenvalue weighted by molar-refractivity contribution is 6.09. The van der Waals surface area contributed by atoms with Crippen molar-refractivity contribution in [2.75, 3.05) is 4.90 Å². The van der Waals surface area contributed by atoms with E-state index in [1.165, 1.54) is 11.1 Å². The number of hydrogen-bond donors (Lipinski definition) is 0. The average molecular weight is 708 g/mol. The van der Waals surface area contributed by atoms with Crippen molar-refractivity contribution >= 4 is 73.3 Å². The van der Waals surface area contributed by atoms with E-state index in [-0.39, 0.29) is 5.92 Å². The van der Waals surface area contributed by atoms with Crippen LogP contribution in [-0.2, 0) is 0 Å². The van der Waals surface area contributed by atoms with Crippen molar-refractivity contribution in [3.8, 4) is 11.1 Å². The first-order valence-electron chi connectivity index (χ1n) is 18.8. The molecule has 0 bridgehead atoms. The summed E-state index contributed by atoms with van der Waals surface area (Å²) in [6.45, 7) is 4.11. The Kier molecular flexibility index (Phi) is 8.11. The van der Waals surface area contributed by atoms with Crippen LogP contribution in [0.5, 0.6) is 0 Å². The summed E-state index contributed by atoms with van der Waals surface area (Å²) < 4.78 is 12.9. The fourth-order valence-corrected chi connectivity index (χ4v) is 8.20. The first kappa shape index (κ1) is 32.5. The molecule has 9 aromatic rings. The number of rotatable bonds is 8. The van der Waals surface area contributed by atoms with Gasteiger partial charge in [0, 0.05) is 49.9 Å². The zero-order valence-corrected chi connectivity index (χ0v) is 30.2. The standard InChI is InChI=1S/C52H37NO2/c1-2-49-44(46-34-29-36-17-6-8-20-41(36)52(46)54-49)33-30-38-18-7-11-24-47(38)53(48-25-12-9-19-40(48)35-15-4-3-5-16-35)39-31-27-37(28-32-39)42-22-14-23-45-43-21-10-13-26-50(43)55-51(42)45/h2-27,29-34,37H,1,28H2/b33-30+. The largest absolute Gasteiger partial charge is 0.456 e. The number of para-hydroxylation sites is 4. The lowest BCUT2D eigenvalue weighted by atomic mass is 9.89.